The second kappa shape index (κ2) is 5.57. The van der Waals surface area contributed by atoms with Gasteiger partial charge in [-0.15, -0.1) is 12.4 Å². The summed E-state index contributed by atoms with van der Waals surface area (Å²) in [4.78, 5) is 0. The van der Waals surface area contributed by atoms with Crippen LogP contribution in [0, 0.1) is 0 Å². The number of anilines is 1. The number of hydrogen-bond acceptors (Lipinski definition) is 2. The molecule has 0 spiro atoms. The van der Waals surface area contributed by atoms with Crippen molar-refractivity contribution in [2.24, 2.45) is 5.73 Å². The summed E-state index contributed by atoms with van der Waals surface area (Å²) in [6.45, 7) is 0. The van der Waals surface area contributed by atoms with Crippen LogP contribution in [0.2, 0.25) is 0 Å². The van der Waals surface area contributed by atoms with Gasteiger partial charge < -0.3 is 11.5 Å². The predicted octanol–water partition coefficient (Wildman–Crippen LogP) is 3.78. The van der Waals surface area contributed by atoms with E-state index in [0.29, 0.717) is 8.95 Å². The number of nitrogen functional groups attached to an aromatic ring is 1. The first-order valence-electron chi connectivity index (χ1n) is 3.80. The quantitative estimate of drug-likeness (QED) is 0.724. The molecule has 0 aromatic heterocycles. The molecule has 1 aromatic carbocycles. The molecule has 0 amide bonds. The van der Waals surface area contributed by atoms with Gasteiger partial charge in [-0.2, -0.15) is 13.2 Å². The van der Waals surface area contributed by atoms with E-state index in [1.54, 1.807) is 6.07 Å². The smallest absolute Gasteiger partial charge is 0.398 e. The van der Waals surface area contributed by atoms with Crippen LogP contribution in [0.15, 0.2) is 21.1 Å². The molecular formula is C8H8Br2ClF3N2. The Hall–Kier alpha value is 0.0200. The zero-order valence-electron chi connectivity index (χ0n) is 7.68. The molecule has 0 radical (unpaired) electrons. The molecule has 0 aliphatic heterocycles. The van der Waals surface area contributed by atoms with E-state index in [1.165, 1.54) is 6.07 Å². The maximum atomic E-state index is 12.4. The molecule has 2 nitrogen and oxygen atoms in total. The summed E-state index contributed by atoms with van der Waals surface area (Å²) in [7, 11) is 0. The Balaban J connectivity index is 0.00000225. The molecule has 0 aliphatic rings. The zero-order chi connectivity index (χ0) is 11.8. The molecule has 16 heavy (non-hydrogen) atoms. The highest BCUT2D eigenvalue weighted by molar-refractivity contribution is 9.11. The Morgan fingerprint density at radius 2 is 1.69 bits per heavy atom. The highest BCUT2D eigenvalue weighted by Gasteiger charge is 2.39. The lowest BCUT2D eigenvalue weighted by Crippen LogP contribution is -2.29. The van der Waals surface area contributed by atoms with Crippen molar-refractivity contribution >= 4 is 50.0 Å². The molecule has 0 heterocycles. The Morgan fingerprint density at radius 1 is 1.19 bits per heavy atom. The average molecular weight is 384 g/mol. The van der Waals surface area contributed by atoms with E-state index in [9.17, 15) is 13.2 Å². The lowest BCUT2D eigenvalue weighted by Gasteiger charge is -2.18. The van der Waals surface area contributed by atoms with E-state index in [0.717, 1.165) is 0 Å². The lowest BCUT2D eigenvalue weighted by atomic mass is 10.1. The summed E-state index contributed by atoms with van der Waals surface area (Å²) < 4.78 is 38.0. The molecule has 8 heteroatoms. The van der Waals surface area contributed by atoms with Crippen LogP contribution in [0.25, 0.3) is 0 Å². The van der Waals surface area contributed by atoms with Crippen molar-refractivity contribution in [2.45, 2.75) is 12.2 Å². The minimum atomic E-state index is -4.51. The fourth-order valence-electron chi connectivity index (χ4n) is 1.04. The second-order valence-corrected chi connectivity index (χ2v) is 4.68. The Bertz CT molecular complexity index is 384. The van der Waals surface area contributed by atoms with Crippen molar-refractivity contribution in [2.75, 3.05) is 5.73 Å². The molecule has 1 atom stereocenters. The molecule has 0 bridgehead atoms. The van der Waals surface area contributed by atoms with Crippen LogP contribution in [0.3, 0.4) is 0 Å². The predicted molar refractivity (Wildman–Crippen MR) is 66.5 cm³/mol. The van der Waals surface area contributed by atoms with Crippen molar-refractivity contribution in [3.63, 3.8) is 0 Å². The molecule has 0 unspecified atom stereocenters. The summed E-state index contributed by atoms with van der Waals surface area (Å²) in [6.07, 6.45) is -4.51. The monoisotopic (exact) mass is 382 g/mol. The first-order valence-corrected chi connectivity index (χ1v) is 5.38. The first kappa shape index (κ1) is 16.0. The van der Waals surface area contributed by atoms with Crippen LogP contribution >= 0.6 is 44.3 Å². The molecule has 4 N–H and O–H groups in total. The van der Waals surface area contributed by atoms with E-state index < -0.39 is 12.2 Å². The van der Waals surface area contributed by atoms with Gasteiger partial charge in [-0.05, 0) is 28.1 Å². The number of nitrogens with two attached hydrogens (primary N) is 2. The SMILES string of the molecule is Cl.Nc1c(Br)cc(Br)cc1[C@H](N)C(F)(F)F. The number of hydrogen-bond donors (Lipinski definition) is 2. The first-order chi connectivity index (χ1) is 6.73. The molecule has 0 fully saturated rings. The largest absolute Gasteiger partial charge is 0.407 e. The van der Waals surface area contributed by atoms with E-state index in [-0.39, 0.29) is 23.7 Å². The van der Waals surface area contributed by atoms with Gasteiger partial charge in [0.2, 0.25) is 0 Å². The summed E-state index contributed by atoms with van der Waals surface area (Å²) in [5.41, 5.74) is 10.4. The van der Waals surface area contributed by atoms with Gasteiger partial charge >= 0.3 is 6.18 Å². The fraction of sp³-hybridized carbons (Fsp3) is 0.250. The minimum Gasteiger partial charge on any atom is -0.398 e. The van der Waals surface area contributed by atoms with E-state index >= 15 is 0 Å². The number of rotatable bonds is 1. The second-order valence-electron chi connectivity index (χ2n) is 2.91. The summed E-state index contributed by atoms with van der Waals surface area (Å²) in [6, 6.07) is 0.742. The van der Waals surface area contributed by atoms with Crippen LogP contribution in [0.5, 0.6) is 0 Å². The van der Waals surface area contributed by atoms with Gasteiger partial charge in [-0.25, -0.2) is 0 Å². The third-order valence-corrected chi connectivity index (χ3v) is 2.93. The van der Waals surface area contributed by atoms with Crippen molar-refractivity contribution < 1.29 is 13.2 Å². The van der Waals surface area contributed by atoms with Crippen LogP contribution in [0.1, 0.15) is 11.6 Å². The van der Waals surface area contributed by atoms with E-state index in [2.05, 4.69) is 31.9 Å². The third kappa shape index (κ3) is 3.51. The topological polar surface area (TPSA) is 52.0 Å². The van der Waals surface area contributed by atoms with Gasteiger partial charge in [0, 0.05) is 14.5 Å². The van der Waals surface area contributed by atoms with Crippen LogP contribution in [0.4, 0.5) is 18.9 Å². The van der Waals surface area contributed by atoms with Gasteiger partial charge in [0.05, 0.1) is 5.69 Å². The Morgan fingerprint density at radius 3 is 2.12 bits per heavy atom. The number of alkyl halides is 3. The van der Waals surface area contributed by atoms with Gasteiger partial charge in [-0.3, -0.25) is 0 Å². The molecule has 0 saturated heterocycles. The normalized spacial score (nSPS) is 13.1. The standard InChI is InChI=1S/C8H7Br2F3N2.ClH/c9-3-1-4(6(14)5(10)2-3)7(15)8(11,12)13;/h1-2,7H,14-15H2;1H/t7-;/m0./s1. The Labute approximate surface area is 113 Å². The molecule has 92 valence electrons. The Kier molecular flexibility index (Phi) is 5.58. The average Bonchev–Trinajstić information content (AvgIpc) is 2.08. The van der Waals surface area contributed by atoms with Gasteiger partial charge in [-0.1, -0.05) is 15.9 Å². The van der Waals surface area contributed by atoms with E-state index in [4.69, 9.17) is 11.5 Å². The van der Waals surface area contributed by atoms with Crippen molar-refractivity contribution in [3.05, 3.63) is 26.6 Å². The number of halogens is 6. The summed E-state index contributed by atoms with van der Waals surface area (Å²) in [5, 5.41) is 0. The zero-order valence-corrected chi connectivity index (χ0v) is 11.7. The molecule has 0 saturated carbocycles. The van der Waals surface area contributed by atoms with Crippen molar-refractivity contribution in [1.29, 1.82) is 0 Å². The minimum absolute atomic E-state index is 0. The van der Waals surface area contributed by atoms with Gasteiger partial charge in [0.25, 0.3) is 0 Å². The van der Waals surface area contributed by atoms with Crippen LogP contribution in [-0.4, -0.2) is 6.18 Å². The molecular weight excluding hydrogens is 376 g/mol. The highest BCUT2D eigenvalue weighted by atomic mass is 79.9. The third-order valence-electron chi connectivity index (χ3n) is 1.81. The van der Waals surface area contributed by atoms with Gasteiger partial charge in [0.15, 0.2) is 0 Å². The fourth-order valence-corrected chi connectivity index (χ4v) is 2.30. The number of benzene rings is 1. The maximum Gasteiger partial charge on any atom is 0.407 e. The molecule has 1 aromatic rings. The van der Waals surface area contributed by atoms with Crippen LogP contribution < -0.4 is 11.5 Å². The lowest BCUT2D eigenvalue weighted by molar-refractivity contribution is -0.149. The molecule has 1 rings (SSSR count). The van der Waals surface area contributed by atoms with Gasteiger partial charge in [0.1, 0.15) is 6.04 Å². The molecule has 0 aliphatic carbocycles. The van der Waals surface area contributed by atoms with Crippen molar-refractivity contribution in [3.8, 4) is 0 Å². The maximum absolute atomic E-state index is 12.4. The van der Waals surface area contributed by atoms with Crippen LogP contribution in [-0.2, 0) is 0 Å². The van der Waals surface area contributed by atoms with Crippen molar-refractivity contribution in [1.82, 2.24) is 0 Å². The summed E-state index contributed by atoms with van der Waals surface area (Å²) in [5.74, 6) is 0. The highest BCUT2D eigenvalue weighted by Crippen LogP contribution is 2.37. The van der Waals surface area contributed by atoms with E-state index in [1.807, 2.05) is 0 Å². The summed E-state index contributed by atoms with van der Waals surface area (Å²) >= 11 is 6.13.